The molecule has 0 amide bonds. The maximum Gasteiger partial charge on any atom is 0.290 e. The van der Waals surface area contributed by atoms with E-state index in [9.17, 15) is 4.79 Å². The number of hydrogen-bond donors (Lipinski definition) is 1. The topological polar surface area (TPSA) is 52.9 Å². The van der Waals surface area contributed by atoms with Gasteiger partial charge in [0.1, 0.15) is 5.69 Å². The second-order valence-corrected chi connectivity index (χ2v) is 6.17. The molecule has 1 aromatic heterocycles. The molecule has 0 bridgehead atoms. The maximum atomic E-state index is 12.5. The molecule has 4 heteroatoms. The van der Waals surface area contributed by atoms with Crippen LogP contribution in [0.3, 0.4) is 0 Å². The second-order valence-electron chi connectivity index (χ2n) is 6.17. The Balaban J connectivity index is 2.48. The number of rotatable bonds is 5. The fraction of sp³-hybridized carbons (Fsp3) is 0.800. The number of hydrogen-bond acceptors (Lipinski definition) is 2. The molecule has 0 unspecified atom stereocenters. The van der Waals surface area contributed by atoms with Gasteiger partial charge in [-0.3, -0.25) is 9.48 Å². The van der Waals surface area contributed by atoms with E-state index in [0.717, 1.165) is 37.9 Å². The molecular formula is C15H27N3O. The summed E-state index contributed by atoms with van der Waals surface area (Å²) in [7, 11) is 0. The molecule has 0 atom stereocenters. The molecule has 1 aliphatic rings. The zero-order valence-electron chi connectivity index (χ0n) is 12.5. The summed E-state index contributed by atoms with van der Waals surface area (Å²) in [6.07, 6.45) is 6.62. The van der Waals surface area contributed by atoms with Crippen LogP contribution in [-0.4, -0.2) is 9.36 Å². The molecule has 0 aromatic carbocycles. The summed E-state index contributed by atoms with van der Waals surface area (Å²) < 4.78 is 4.14. The molecular weight excluding hydrogens is 238 g/mol. The first-order valence-corrected chi connectivity index (χ1v) is 7.65. The van der Waals surface area contributed by atoms with Crippen LogP contribution in [0.1, 0.15) is 64.6 Å². The first-order chi connectivity index (χ1) is 9.06. The van der Waals surface area contributed by atoms with E-state index in [-0.39, 0.29) is 5.56 Å². The second kappa shape index (κ2) is 5.85. The van der Waals surface area contributed by atoms with Gasteiger partial charge in [-0.05, 0) is 31.6 Å². The number of nitrogens with zero attached hydrogens (tertiary/aromatic N) is 2. The van der Waals surface area contributed by atoms with E-state index >= 15 is 0 Å². The van der Waals surface area contributed by atoms with Gasteiger partial charge < -0.3 is 5.73 Å². The molecule has 108 valence electrons. The van der Waals surface area contributed by atoms with E-state index in [1.165, 1.54) is 12.8 Å². The van der Waals surface area contributed by atoms with Crippen molar-refractivity contribution >= 4 is 5.69 Å². The molecule has 1 aliphatic carbocycles. The van der Waals surface area contributed by atoms with Crippen LogP contribution in [0.2, 0.25) is 0 Å². The first kappa shape index (κ1) is 14.2. The molecule has 19 heavy (non-hydrogen) atoms. The van der Waals surface area contributed by atoms with Crippen LogP contribution in [0, 0.1) is 5.92 Å². The third-order valence-corrected chi connectivity index (χ3v) is 4.03. The SMILES string of the molecule is CCCn1c(CC(C)C)c(N)c(=O)n1C1CCCC1. The monoisotopic (exact) mass is 265 g/mol. The zero-order chi connectivity index (χ0) is 14.0. The van der Waals surface area contributed by atoms with Gasteiger partial charge in [0.15, 0.2) is 0 Å². The Bertz CT molecular complexity index is 478. The van der Waals surface area contributed by atoms with Gasteiger partial charge in [0, 0.05) is 6.54 Å². The number of anilines is 1. The average molecular weight is 265 g/mol. The molecule has 1 aromatic rings. The van der Waals surface area contributed by atoms with E-state index in [0.29, 0.717) is 17.6 Å². The molecule has 1 saturated carbocycles. The van der Waals surface area contributed by atoms with Crippen molar-refractivity contribution in [3.63, 3.8) is 0 Å². The van der Waals surface area contributed by atoms with Gasteiger partial charge in [0.25, 0.3) is 5.56 Å². The van der Waals surface area contributed by atoms with Crippen LogP contribution in [-0.2, 0) is 13.0 Å². The molecule has 1 fully saturated rings. The minimum absolute atomic E-state index is 0.0380. The van der Waals surface area contributed by atoms with Crippen LogP contribution in [0.15, 0.2) is 4.79 Å². The first-order valence-electron chi connectivity index (χ1n) is 7.65. The van der Waals surface area contributed by atoms with E-state index in [1.807, 2.05) is 4.68 Å². The highest BCUT2D eigenvalue weighted by atomic mass is 16.1. The Morgan fingerprint density at radius 3 is 2.47 bits per heavy atom. The minimum Gasteiger partial charge on any atom is -0.393 e. The lowest BCUT2D eigenvalue weighted by atomic mass is 10.1. The van der Waals surface area contributed by atoms with Gasteiger partial charge >= 0.3 is 0 Å². The Morgan fingerprint density at radius 1 is 1.32 bits per heavy atom. The van der Waals surface area contributed by atoms with Crippen molar-refractivity contribution in [3.05, 3.63) is 16.0 Å². The normalized spacial score (nSPS) is 16.6. The van der Waals surface area contributed by atoms with Gasteiger partial charge in [-0.2, -0.15) is 0 Å². The van der Waals surface area contributed by atoms with Gasteiger partial charge in [-0.1, -0.05) is 33.6 Å². The fourth-order valence-corrected chi connectivity index (χ4v) is 3.19. The molecule has 0 saturated heterocycles. The summed E-state index contributed by atoms with van der Waals surface area (Å²) in [5, 5.41) is 0. The Morgan fingerprint density at radius 2 is 1.95 bits per heavy atom. The van der Waals surface area contributed by atoms with E-state index < -0.39 is 0 Å². The third kappa shape index (κ3) is 2.72. The Kier molecular flexibility index (Phi) is 4.38. The summed E-state index contributed by atoms with van der Waals surface area (Å²) in [5.41, 5.74) is 7.66. The third-order valence-electron chi connectivity index (χ3n) is 4.03. The molecule has 2 rings (SSSR count). The highest BCUT2D eigenvalue weighted by Crippen LogP contribution is 2.30. The van der Waals surface area contributed by atoms with Crippen LogP contribution in [0.4, 0.5) is 5.69 Å². The summed E-state index contributed by atoms with van der Waals surface area (Å²) in [6, 6.07) is 0.363. The van der Waals surface area contributed by atoms with Crippen molar-refractivity contribution in [1.82, 2.24) is 9.36 Å². The standard InChI is InChI=1S/C15H27N3O/c1-4-9-17-13(10-11(2)3)14(16)15(19)18(17)12-7-5-6-8-12/h11-12H,4-10,16H2,1-3H3. The van der Waals surface area contributed by atoms with Gasteiger partial charge in [0.05, 0.1) is 11.7 Å². The lowest BCUT2D eigenvalue weighted by molar-refractivity contribution is 0.351. The number of nitrogen functional groups attached to an aromatic ring is 1. The summed E-state index contributed by atoms with van der Waals surface area (Å²) >= 11 is 0. The quantitative estimate of drug-likeness (QED) is 0.890. The molecule has 4 nitrogen and oxygen atoms in total. The van der Waals surface area contributed by atoms with Crippen molar-refractivity contribution < 1.29 is 0 Å². The highest BCUT2D eigenvalue weighted by Gasteiger charge is 2.25. The Labute approximate surface area is 115 Å². The average Bonchev–Trinajstić information content (AvgIpc) is 2.93. The smallest absolute Gasteiger partial charge is 0.290 e. The van der Waals surface area contributed by atoms with Crippen molar-refractivity contribution in [2.24, 2.45) is 5.92 Å². The number of aromatic nitrogens is 2. The van der Waals surface area contributed by atoms with Gasteiger partial charge in [0.2, 0.25) is 0 Å². The lowest BCUT2D eigenvalue weighted by Crippen LogP contribution is -2.27. The largest absolute Gasteiger partial charge is 0.393 e. The molecule has 1 heterocycles. The lowest BCUT2D eigenvalue weighted by Gasteiger charge is -2.19. The zero-order valence-corrected chi connectivity index (χ0v) is 12.5. The van der Waals surface area contributed by atoms with E-state index in [1.54, 1.807) is 0 Å². The van der Waals surface area contributed by atoms with Crippen molar-refractivity contribution in [2.75, 3.05) is 5.73 Å². The minimum atomic E-state index is 0.0380. The van der Waals surface area contributed by atoms with E-state index in [2.05, 4.69) is 25.5 Å². The van der Waals surface area contributed by atoms with Crippen molar-refractivity contribution in [2.45, 2.75) is 71.9 Å². The van der Waals surface area contributed by atoms with Crippen molar-refractivity contribution in [3.8, 4) is 0 Å². The molecule has 0 aliphatic heterocycles. The highest BCUT2D eigenvalue weighted by molar-refractivity contribution is 5.42. The summed E-state index contributed by atoms with van der Waals surface area (Å²) in [5.74, 6) is 0.518. The van der Waals surface area contributed by atoms with Crippen LogP contribution >= 0.6 is 0 Å². The predicted octanol–water partition coefficient (Wildman–Crippen LogP) is 2.96. The van der Waals surface area contributed by atoms with E-state index in [4.69, 9.17) is 5.73 Å². The van der Waals surface area contributed by atoms with Crippen LogP contribution < -0.4 is 11.3 Å². The Hall–Kier alpha value is -1.19. The number of nitrogens with two attached hydrogens (primary N) is 1. The molecule has 0 radical (unpaired) electrons. The summed E-state index contributed by atoms with van der Waals surface area (Å²) in [6.45, 7) is 7.39. The van der Waals surface area contributed by atoms with Gasteiger partial charge in [-0.15, -0.1) is 0 Å². The maximum absolute atomic E-state index is 12.5. The molecule has 2 N–H and O–H groups in total. The fourth-order valence-electron chi connectivity index (χ4n) is 3.19. The molecule has 0 spiro atoms. The van der Waals surface area contributed by atoms with Crippen LogP contribution in [0.5, 0.6) is 0 Å². The van der Waals surface area contributed by atoms with Gasteiger partial charge in [-0.25, -0.2) is 4.68 Å². The van der Waals surface area contributed by atoms with Crippen molar-refractivity contribution in [1.29, 1.82) is 0 Å². The predicted molar refractivity (Wildman–Crippen MR) is 79.4 cm³/mol. The van der Waals surface area contributed by atoms with Crippen LogP contribution in [0.25, 0.3) is 0 Å². The summed E-state index contributed by atoms with van der Waals surface area (Å²) in [4.78, 5) is 12.5.